The lowest BCUT2D eigenvalue weighted by Gasteiger charge is -2.24. The Morgan fingerprint density at radius 3 is 2.55 bits per heavy atom. The van der Waals surface area contributed by atoms with Crippen LogP contribution in [-0.4, -0.2) is 42.8 Å². The summed E-state index contributed by atoms with van der Waals surface area (Å²) in [4.78, 5) is 17.1. The molecule has 1 aromatic heterocycles. The summed E-state index contributed by atoms with van der Waals surface area (Å²) < 4.78 is 5.98. The summed E-state index contributed by atoms with van der Waals surface area (Å²) in [7, 11) is 1.72. The number of rotatable bonds is 8. The second-order valence-corrected chi connectivity index (χ2v) is 7.98. The maximum Gasteiger partial charge on any atom is 0.270 e. The molecule has 1 amide bonds. The molecule has 1 fully saturated rings. The van der Waals surface area contributed by atoms with E-state index in [0.717, 1.165) is 42.6 Å². The Kier molecular flexibility index (Phi) is 7.32. The molecule has 0 radical (unpaired) electrons. The van der Waals surface area contributed by atoms with Gasteiger partial charge in [0.25, 0.3) is 5.91 Å². The number of carbonyl (C=O) groups is 1. The van der Waals surface area contributed by atoms with Crippen LogP contribution in [0.2, 0.25) is 0 Å². The van der Waals surface area contributed by atoms with Gasteiger partial charge in [-0.25, -0.2) is 0 Å². The molecule has 2 aromatic carbocycles. The minimum Gasteiger partial charge on any atom is -0.473 e. The van der Waals surface area contributed by atoms with Gasteiger partial charge in [-0.1, -0.05) is 54.6 Å². The minimum absolute atomic E-state index is 0.0948. The number of aromatic nitrogens is 1. The lowest BCUT2D eigenvalue weighted by atomic mass is 10.0. The molecule has 170 valence electrons. The maximum atomic E-state index is 12.6. The highest BCUT2D eigenvalue weighted by Gasteiger charge is 2.21. The maximum absolute atomic E-state index is 12.6. The summed E-state index contributed by atoms with van der Waals surface area (Å²) >= 11 is 0. The highest BCUT2D eigenvalue weighted by atomic mass is 16.5. The zero-order valence-electron chi connectivity index (χ0n) is 18.7. The van der Waals surface area contributed by atoms with Gasteiger partial charge >= 0.3 is 0 Å². The summed E-state index contributed by atoms with van der Waals surface area (Å²) in [5, 5.41) is 17.6. The molecule has 0 spiro atoms. The molecule has 0 unspecified atom stereocenters. The first-order valence-corrected chi connectivity index (χ1v) is 11.2. The van der Waals surface area contributed by atoms with E-state index < -0.39 is 0 Å². The van der Waals surface area contributed by atoms with Gasteiger partial charge in [0.15, 0.2) is 0 Å². The van der Waals surface area contributed by atoms with Gasteiger partial charge in [0.05, 0.1) is 0 Å². The van der Waals surface area contributed by atoms with Gasteiger partial charge in [0, 0.05) is 24.7 Å². The minimum atomic E-state index is -0.384. The number of ether oxygens (including phenoxy) is 1. The number of nitrogens with one attached hydrogen (secondary N) is 4. The SMILES string of the molecule is CNc1nc(OCc2ccccc2-c2ccccc2)ccc1C(=N)C(=O)NC1CCNCC1. The number of hydrogen-bond acceptors (Lipinski definition) is 6. The summed E-state index contributed by atoms with van der Waals surface area (Å²) in [6.07, 6.45) is 1.74. The van der Waals surface area contributed by atoms with Crippen molar-refractivity contribution in [3.63, 3.8) is 0 Å². The fraction of sp³-hybridized carbons (Fsp3) is 0.269. The van der Waals surface area contributed by atoms with Gasteiger partial charge < -0.3 is 20.7 Å². The molecule has 1 aliphatic rings. The molecule has 33 heavy (non-hydrogen) atoms. The average molecular weight is 444 g/mol. The van der Waals surface area contributed by atoms with E-state index in [-0.39, 0.29) is 17.7 Å². The van der Waals surface area contributed by atoms with E-state index in [1.165, 1.54) is 0 Å². The van der Waals surface area contributed by atoms with E-state index in [9.17, 15) is 4.79 Å². The van der Waals surface area contributed by atoms with Crippen molar-refractivity contribution >= 4 is 17.4 Å². The quantitative estimate of drug-likeness (QED) is 0.399. The molecule has 0 aliphatic carbocycles. The number of anilines is 1. The van der Waals surface area contributed by atoms with Crippen LogP contribution >= 0.6 is 0 Å². The lowest BCUT2D eigenvalue weighted by Crippen LogP contribution is -2.45. The Hall–Kier alpha value is -3.71. The van der Waals surface area contributed by atoms with E-state index in [2.05, 4.69) is 39.1 Å². The molecule has 0 saturated carbocycles. The second-order valence-electron chi connectivity index (χ2n) is 7.98. The van der Waals surface area contributed by atoms with E-state index in [1.807, 2.05) is 36.4 Å². The van der Waals surface area contributed by atoms with Crippen molar-refractivity contribution in [1.82, 2.24) is 15.6 Å². The van der Waals surface area contributed by atoms with E-state index in [0.29, 0.717) is 23.9 Å². The molecule has 4 rings (SSSR count). The normalized spacial score (nSPS) is 13.8. The monoisotopic (exact) mass is 443 g/mol. The van der Waals surface area contributed by atoms with Crippen molar-refractivity contribution in [3.05, 3.63) is 77.9 Å². The number of carbonyl (C=O) groups excluding carboxylic acids is 1. The summed E-state index contributed by atoms with van der Waals surface area (Å²) in [5.74, 6) is 0.484. The lowest BCUT2D eigenvalue weighted by molar-refractivity contribution is -0.115. The third-order valence-electron chi connectivity index (χ3n) is 5.75. The Morgan fingerprint density at radius 1 is 1.06 bits per heavy atom. The van der Waals surface area contributed by atoms with Crippen molar-refractivity contribution < 1.29 is 9.53 Å². The molecule has 7 nitrogen and oxygen atoms in total. The van der Waals surface area contributed by atoms with Gasteiger partial charge in [-0.3, -0.25) is 10.2 Å². The molecule has 2 heterocycles. The van der Waals surface area contributed by atoms with Gasteiger partial charge in [-0.2, -0.15) is 4.98 Å². The molecule has 1 saturated heterocycles. The van der Waals surface area contributed by atoms with Gasteiger partial charge in [0.1, 0.15) is 18.1 Å². The largest absolute Gasteiger partial charge is 0.473 e. The second kappa shape index (κ2) is 10.7. The van der Waals surface area contributed by atoms with Crippen molar-refractivity contribution in [1.29, 1.82) is 5.41 Å². The molecular weight excluding hydrogens is 414 g/mol. The van der Waals surface area contributed by atoms with Gasteiger partial charge in [-0.15, -0.1) is 0 Å². The van der Waals surface area contributed by atoms with Crippen molar-refractivity contribution in [2.75, 3.05) is 25.5 Å². The van der Waals surface area contributed by atoms with Crippen LogP contribution in [0.1, 0.15) is 24.0 Å². The Balaban J connectivity index is 1.45. The molecule has 3 aromatic rings. The standard InChI is InChI=1S/C26H29N5O2/c1-28-25-22(24(27)26(32)30-20-13-15-29-16-14-20)11-12-23(31-25)33-17-19-9-5-6-10-21(19)18-7-3-2-4-8-18/h2-12,20,27,29H,13-17H2,1H3,(H,28,31)(H,30,32). The average Bonchev–Trinajstić information content (AvgIpc) is 2.88. The van der Waals surface area contributed by atoms with E-state index in [4.69, 9.17) is 10.1 Å². The first kappa shape index (κ1) is 22.5. The Labute approximate surface area is 194 Å². The van der Waals surface area contributed by atoms with Gasteiger partial charge in [-0.05, 0) is 48.7 Å². The highest BCUT2D eigenvalue weighted by Crippen LogP contribution is 2.25. The zero-order valence-corrected chi connectivity index (χ0v) is 18.7. The third kappa shape index (κ3) is 5.56. The summed E-state index contributed by atoms with van der Waals surface area (Å²) in [6, 6.07) is 21.8. The Morgan fingerprint density at radius 2 is 1.79 bits per heavy atom. The van der Waals surface area contributed by atoms with Crippen LogP contribution < -0.4 is 20.7 Å². The first-order chi connectivity index (χ1) is 16.2. The van der Waals surface area contributed by atoms with Crippen LogP contribution in [0.15, 0.2) is 66.7 Å². The molecular formula is C26H29N5O2. The van der Waals surface area contributed by atoms with Crippen molar-refractivity contribution in [3.8, 4) is 17.0 Å². The van der Waals surface area contributed by atoms with Crippen LogP contribution in [0.3, 0.4) is 0 Å². The molecule has 0 bridgehead atoms. The van der Waals surface area contributed by atoms with Crippen LogP contribution in [0.5, 0.6) is 5.88 Å². The van der Waals surface area contributed by atoms with Crippen LogP contribution in [0.25, 0.3) is 11.1 Å². The molecule has 4 N–H and O–H groups in total. The number of nitrogens with zero attached hydrogens (tertiary/aromatic N) is 1. The Bertz CT molecular complexity index is 1110. The van der Waals surface area contributed by atoms with Crippen LogP contribution in [0.4, 0.5) is 5.82 Å². The van der Waals surface area contributed by atoms with Crippen molar-refractivity contribution in [2.24, 2.45) is 0 Å². The summed E-state index contributed by atoms with van der Waals surface area (Å²) in [5.41, 5.74) is 3.63. The zero-order chi connectivity index (χ0) is 23.0. The number of pyridine rings is 1. The third-order valence-corrected chi connectivity index (χ3v) is 5.75. The highest BCUT2D eigenvalue weighted by molar-refractivity contribution is 6.45. The molecule has 0 atom stereocenters. The fourth-order valence-corrected chi connectivity index (χ4v) is 3.96. The number of amides is 1. The number of benzene rings is 2. The first-order valence-electron chi connectivity index (χ1n) is 11.2. The number of piperidine rings is 1. The van der Waals surface area contributed by atoms with E-state index in [1.54, 1.807) is 19.2 Å². The summed E-state index contributed by atoms with van der Waals surface area (Å²) in [6.45, 7) is 2.11. The van der Waals surface area contributed by atoms with Crippen LogP contribution in [0, 0.1) is 5.41 Å². The topological polar surface area (TPSA) is 99.1 Å². The van der Waals surface area contributed by atoms with Crippen molar-refractivity contribution in [2.45, 2.75) is 25.5 Å². The van der Waals surface area contributed by atoms with Gasteiger partial charge in [0.2, 0.25) is 5.88 Å². The predicted molar refractivity (Wildman–Crippen MR) is 131 cm³/mol. The molecule has 1 aliphatic heterocycles. The predicted octanol–water partition coefficient (Wildman–Crippen LogP) is 3.61. The molecule has 7 heteroatoms. The van der Waals surface area contributed by atoms with E-state index >= 15 is 0 Å². The smallest absolute Gasteiger partial charge is 0.270 e. The van der Waals surface area contributed by atoms with Crippen LogP contribution in [-0.2, 0) is 11.4 Å². The number of hydrogen-bond donors (Lipinski definition) is 4. The fourth-order valence-electron chi connectivity index (χ4n) is 3.96.